The van der Waals surface area contributed by atoms with E-state index >= 15 is 0 Å². The summed E-state index contributed by atoms with van der Waals surface area (Å²) in [7, 11) is 0. The quantitative estimate of drug-likeness (QED) is 0.624. The summed E-state index contributed by atoms with van der Waals surface area (Å²) in [5.74, 6) is 5.50. The molecule has 0 bridgehead atoms. The lowest BCUT2D eigenvalue weighted by atomic mass is 10.2. The van der Waals surface area contributed by atoms with Gasteiger partial charge >= 0.3 is 0 Å². The van der Waals surface area contributed by atoms with E-state index in [9.17, 15) is 4.39 Å². The molecule has 1 aromatic carbocycles. The predicted octanol–water partition coefficient (Wildman–Crippen LogP) is 1.55. The smallest absolute Gasteiger partial charge is 0.128 e. The first-order valence-electron chi connectivity index (χ1n) is 5.46. The Hall–Kier alpha value is -1.57. The molecule has 1 rings (SSSR count). The van der Waals surface area contributed by atoms with Gasteiger partial charge in [0.1, 0.15) is 18.2 Å². The topological polar surface area (TPSA) is 44.5 Å². The maximum Gasteiger partial charge on any atom is 0.128 e. The van der Waals surface area contributed by atoms with Gasteiger partial charge in [-0.3, -0.25) is 0 Å². The van der Waals surface area contributed by atoms with Crippen LogP contribution in [0.2, 0.25) is 0 Å². The van der Waals surface area contributed by atoms with Crippen LogP contribution in [0.1, 0.15) is 12.5 Å². The zero-order valence-electron chi connectivity index (χ0n) is 9.83. The largest absolute Gasteiger partial charge is 0.491 e. The van der Waals surface area contributed by atoms with Crippen molar-refractivity contribution in [3.63, 3.8) is 0 Å². The van der Waals surface area contributed by atoms with Crippen LogP contribution in [0.15, 0.2) is 18.2 Å². The summed E-state index contributed by atoms with van der Waals surface area (Å²) in [4.78, 5) is 0. The molecule has 0 aliphatic carbocycles. The van der Waals surface area contributed by atoms with Crippen molar-refractivity contribution >= 4 is 0 Å². The fourth-order valence-corrected chi connectivity index (χ4v) is 1.23. The summed E-state index contributed by atoms with van der Waals surface area (Å²) in [6, 6.07) is 4.34. The van der Waals surface area contributed by atoms with Crippen molar-refractivity contribution in [3.8, 4) is 17.6 Å². The van der Waals surface area contributed by atoms with E-state index in [0.29, 0.717) is 31.1 Å². The molecule has 0 saturated carbocycles. The Bertz CT molecular complexity index is 410. The van der Waals surface area contributed by atoms with E-state index < -0.39 is 0 Å². The van der Waals surface area contributed by atoms with Crippen LogP contribution >= 0.6 is 0 Å². The molecule has 0 spiro atoms. The number of hydrogen-bond acceptors (Lipinski definition) is 3. The van der Waals surface area contributed by atoms with Crippen molar-refractivity contribution < 1.29 is 13.9 Å². The molecular weight excluding hydrogens is 221 g/mol. The number of halogens is 1. The Morgan fingerprint density at radius 1 is 1.29 bits per heavy atom. The van der Waals surface area contributed by atoms with E-state index in [0.717, 1.165) is 0 Å². The van der Waals surface area contributed by atoms with Crippen LogP contribution in [0.5, 0.6) is 5.75 Å². The second-order valence-electron chi connectivity index (χ2n) is 3.23. The zero-order chi connectivity index (χ0) is 12.5. The maximum absolute atomic E-state index is 13.2. The summed E-state index contributed by atoms with van der Waals surface area (Å²) in [5.41, 5.74) is 5.81. The van der Waals surface area contributed by atoms with Crippen LogP contribution in [-0.4, -0.2) is 26.4 Å². The Kier molecular flexibility index (Phi) is 6.08. The number of rotatable bonds is 5. The van der Waals surface area contributed by atoms with Gasteiger partial charge in [0.2, 0.25) is 0 Å². The van der Waals surface area contributed by atoms with E-state index in [1.165, 1.54) is 12.1 Å². The summed E-state index contributed by atoms with van der Waals surface area (Å²) >= 11 is 0. The highest BCUT2D eigenvalue weighted by Crippen LogP contribution is 2.15. The molecule has 0 radical (unpaired) electrons. The summed E-state index contributed by atoms with van der Waals surface area (Å²) in [5, 5.41) is 0. The minimum absolute atomic E-state index is 0.247. The van der Waals surface area contributed by atoms with Crippen molar-refractivity contribution in [3.05, 3.63) is 29.6 Å². The molecule has 0 amide bonds. The maximum atomic E-state index is 13.2. The van der Waals surface area contributed by atoms with E-state index in [1.807, 2.05) is 6.92 Å². The van der Waals surface area contributed by atoms with Gasteiger partial charge in [0.25, 0.3) is 0 Å². The van der Waals surface area contributed by atoms with Crippen LogP contribution in [0.25, 0.3) is 0 Å². The molecular formula is C13H16FNO2. The Balaban J connectivity index is 2.62. The van der Waals surface area contributed by atoms with Crippen LogP contribution in [-0.2, 0) is 4.74 Å². The average molecular weight is 237 g/mol. The zero-order valence-corrected chi connectivity index (χ0v) is 9.83. The second kappa shape index (κ2) is 7.66. The molecule has 0 aliphatic heterocycles. The van der Waals surface area contributed by atoms with Gasteiger partial charge in [-0.2, -0.15) is 0 Å². The third kappa shape index (κ3) is 5.34. The predicted molar refractivity (Wildman–Crippen MR) is 64.3 cm³/mol. The highest BCUT2D eigenvalue weighted by molar-refractivity contribution is 5.40. The van der Waals surface area contributed by atoms with Crippen molar-refractivity contribution in [1.29, 1.82) is 0 Å². The van der Waals surface area contributed by atoms with Crippen molar-refractivity contribution in [1.82, 2.24) is 0 Å². The van der Waals surface area contributed by atoms with Crippen LogP contribution < -0.4 is 10.5 Å². The fourth-order valence-electron chi connectivity index (χ4n) is 1.23. The molecule has 0 heterocycles. The summed E-state index contributed by atoms with van der Waals surface area (Å²) < 4.78 is 23.7. The third-order valence-corrected chi connectivity index (χ3v) is 1.91. The molecule has 2 N–H and O–H groups in total. The molecule has 4 heteroatoms. The lowest BCUT2D eigenvalue weighted by molar-refractivity contribution is 0.110. The van der Waals surface area contributed by atoms with E-state index in [4.69, 9.17) is 15.2 Å². The van der Waals surface area contributed by atoms with Crippen LogP contribution in [0.3, 0.4) is 0 Å². The minimum atomic E-state index is -0.375. The lowest BCUT2D eigenvalue weighted by Crippen LogP contribution is -2.06. The number of nitrogens with two attached hydrogens (primary N) is 1. The first kappa shape index (κ1) is 13.5. The molecule has 92 valence electrons. The Labute approximate surface area is 101 Å². The molecule has 0 unspecified atom stereocenters. The normalized spacial score (nSPS) is 9.59. The SMILES string of the molecule is CCOCCOc1cc(F)cc(C#CCN)c1. The monoisotopic (exact) mass is 237 g/mol. The molecule has 0 aliphatic rings. The summed E-state index contributed by atoms with van der Waals surface area (Å²) in [6.45, 7) is 3.66. The average Bonchev–Trinajstić information content (AvgIpc) is 2.31. The van der Waals surface area contributed by atoms with Gasteiger partial charge in [-0.15, -0.1) is 0 Å². The van der Waals surface area contributed by atoms with E-state index in [1.54, 1.807) is 6.07 Å². The number of benzene rings is 1. The van der Waals surface area contributed by atoms with E-state index in [2.05, 4.69) is 11.8 Å². The van der Waals surface area contributed by atoms with Gasteiger partial charge in [-0.1, -0.05) is 11.8 Å². The molecule has 0 fully saturated rings. The minimum Gasteiger partial charge on any atom is -0.491 e. The van der Waals surface area contributed by atoms with E-state index in [-0.39, 0.29) is 12.4 Å². The molecule has 0 saturated heterocycles. The molecule has 0 aromatic heterocycles. The molecule has 0 atom stereocenters. The molecule has 17 heavy (non-hydrogen) atoms. The van der Waals surface area contributed by atoms with Crippen LogP contribution in [0.4, 0.5) is 4.39 Å². The highest BCUT2D eigenvalue weighted by atomic mass is 19.1. The van der Waals surface area contributed by atoms with Crippen molar-refractivity contribution in [2.75, 3.05) is 26.4 Å². The van der Waals surface area contributed by atoms with Crippen molar-refractivity contribution in [2.24, 2.45) is 5.73 Å². The number of ether oxygens (including phenoxy) is 2. The van der Waals surface area contributed by atoms with Gasteiger partial charge in [-0.25, -0.2) is 4.39 Å². The van der Waals surface area contributed by atoms with Gasteiger partial charge < -0.3 is 15.2 Å². The van der Waals surface area contributed by atoms with Gasteiger partial charge in [0, 0.05) is 18.2 Å². The Morgan fingerprint density at radius 2 is 2.12 bits per heavy atom. The molecule has 1 aromatic rings. The third-order valence-electron chi connectivity index (χ3n) is 1.91. The summed E-state index contributed by atoms with van der Waals surface area (Å²) in [6.07, 6.45) is 0. The van der Waals surface area contributed by atoms with Gasteiger partial charge in [0.15, 0.2) is 0 Å². The molecule has 3 nitrogen and oxygen atoms in total. The van der Waals surface area contributed by atoms with Gasteiger partial charge in [0.05, 0.1) is 13.2 Å². The van der Waals surface area contributed by atoms with Gasteiger partial charge in [-0.05, 0) is 19.1 Å². The van der Waals surface area contributed by atoms with Crippen LogP contribution in [0, 0.1) is 17.7 Å². The first-order valence-corrected chi connectivity index (χ1v) is 5.46. The number of hydrogen-bond donors (Lipinski definition) is 1. The van der Waals surface area contributed by atoms with Crippen molar-refractivity contribution in [2.45, 2.75) is 6.92 Å². The second-order valence-corrected chi connectivity index (χ2v) is 3.23. The highest BCUT2D eigenvalue weighted by Gasteiger charge is 2.00. The fraction of sp³-hybridized carbons (Fsp3) is 0.385. The first-order chi connectivity index (χ1) is 8.26. The lowest BCUT2D eigenvalue weighted by Gasteiger charge is -2.06. The Morgan fingerprint density at radius 3 is 2.82 bits per heavy atom. The standard InChI is InChI=1S/C13H16FNO2/c1-2-16-6-7-17-13-9-11(4-3-5-15)8-12(14)10-13/h8-10H,2,5-7,15H2,1H3.